The highest BCUT2D eigenvalue weighted by molar-refractivity contribution is 6.31. The number of aromatic amines is 1. The maximum absolute atomic E-state index is 8.00. The molecule has 0 amide bonds. The van der Waals surface area contributed by atoms with E-state index in [2.05, 4.69) is 16.3 Å². The third kappa shape index (κ3) is 2.85. The molecule has 0 unspecified atom stereocenters. The monoisotopic (exact) mass is 349 g/mol. The summed E-state index contributed by atoms with van der Waals surface area (Å²) in [7, 11) is 0. The van der Waals surface area contributed by atoms with E-state index in [1.165, 1.54) is 0 Å². The average molecular weight is 350 g/mol. The Hall–Kier alpha value is -2.85. The maximum Gasteiger partial charge on any atom is 0.213 e. The van der Waals surface area contributed by atoms with Gasteiger partial charge in [0.1, 0.15) is 0 Å². The topological polar surface area (TPSA) is 61.8 Å². The summed E-state index contributed by atoms with van der Waals surface area (Å²) < 4.78 is 5.31. The summed E-state index contributed by atoms with van der Waals surface area (Å²) in [6, 6.07) is 17.8. The highest BCUT2D eigenvalue weighted by Crippen LogP contribution is 2.30. The second kappa shape index (κ2) is 6.22. The molecule has 0 spiro atoms. The number of H-pyrrole nitrogens is 1. The zero-order valence-electron chi connectivity index (χ0n) is 13.6. The summed E-state index contributed by atoms with van der Waals surface area (Å²) in [4.78, 5) is 0. The van der Waals surface area contributed by atoms with Gasteiger partial charge in [-0.05, 0) is 54.1 Å². The first-order valence-corrected chi connectivity index (χ1v) is 8.43. The maximum atomic E-state index is 8.00. The molecule has 1 heterocycles. The Labute approximate surface area is 149 Å². The number of ether oxygens (including phenoxy) is 1. The van der Waals surface area contributed by atoms with Crippen LogP contribution < -0.4 is 0 Å². The molecule has 0 aliphatic carbocycles. The van der Waals surface area contributed by atoms with Crippen LogP contribution in [0.25, 0.3) is 32.9 Å². The summed E-state index contributed by atoms with van der Waals surface area (Å²) in [5.41, 5.74) is 3.54. The Morgan fingerprint density at radius 3 is 2.72 bits per heavy atom. The van der Waals surface area contributed by atoms with E-state index in [9.17, 15) is 0 Å². The van der Waals surface area contributed by atoms with E-state index in [4.69, 9.17) is 21.7 Å². The Kier molecular flexibility index (Phi) is 3.90. The molecule has 4 aromatic rings. The van der Waals surface area contributed by atoms with Crippen LogP contribution >= 0.6 is 11.6 Å². The molecule has 0 fully saturated rings. The first-order chi connectivity index (χ1) is 12.2. The SMILES string of the molecule is CCOC(=N)c1ccc2[nH]nc(-c3ccc4cc(Cl)ccc4c3)c2c1. The highest BCUT2D eigenvalue weighted by atomic mass is 35.5. The summed E-state index contributed by atoms with van der Waals surface area (Å²) in [6.07, 6.45) is 0. The summed E-state index contributed by atoms with van der Waals surface area (Å²) >= 11 is 6.06. The van der Waals surface area contributed by atoms with Crippen LogP contribution in [0, 0.1) is 5.41 Å². The minimum atomic E-state index is 0.171. The minimum absolute atomic E-state index is 0.171. The number of hydrogen-bond acceptors (Lipinski definition) is 3. The van der Waals surface area contributed by atoms with Crippen molar-refractivity contribution in [3.63, 3.8) is 0 Å². The Morgan fingerprint density at radius 1 is 1.08 bits per heavy atom. The lowest BCUT2D eigenvalue weighted by Gasteiger charge is -2.06. The molecular weight excluding hydrogens is 334 g/mol. The fraction of sp³-hybridized carbons (Fsp3) is 0.100. The van der Waals surface area contributed by atoms with E-state index in [1.54, 1.807) is 0 Å². The number of nitrogens with zero attached hydrogens (tertiary/aromatic N) is 1. The number of rotatable bonds is 3. The van der Waals surface area contributed by atoms with E-state index < -0.39 is 0 Å². The zero-order chi connectivity index (χ0) is 17.4. The van der Waals surface area contributed by atoms with Gasteiger partial charge in [0.05, 0.1) is 17.8 Å². The molecule has 0 radical (unpaired) electrons. The molecule has 1 aromatic heterocycles. The van der Waals surface area contributed by atoms with Crippen LogP contribution in [0.2, 0.25) is 5.02 Å². The Morgan fingerprint density at radius 2 is 1.88 bits per heavy atom. The molecule has 0 saturated carbocycles. The molecular formula is C20H16ClN3O. The van der Waals surface area contributed by atoms with E-state index >= 15 is 0 Å². The van der Waals surface area contributed by atoms with Crippen LogP contribution in [-0.2, 0) is 4.74 Å². The van der Waals surface area contributed by atoms with Gasteiger partial charge in [0.15, 0.2) is 0 Å². The van der Waals surface area contributed by atoms with Crippen molar-refractivity contribution >= 4 is 39.2 Å². The molecule has 5 heteroatoms. The zero-order valence-corrected chi connectivity index (χ0v) is 14.4. The lowest BCUT2D eigenvalue weighted by atomic mass is 10.0. The first-order valence-electron chi connectivity index (χ1n) is 8.05. The van der Waals surface area contributed by atoms with Crippen molar-refractivity contribution in [3.05, 3.63) is 65.2 Å². The fourth-order valence-corrected chi connectivity index (χ4v) is 3.15. The summed E-state index contributed by atoms with van der Waals surface area (Å²) in [5.74, 6) is 0.171. The third-order valence-electron chi connectivity index (χ3n) is 4.19. The van der Waals surface area contributed by atoms with Gasteiger partial charge < -0.3 is 4.74 Å². The summed E-state index contributed by atoms with van der Waals surface area (Å²) in [6.45, 7) is 2.35. The Bertz CT molecular complexity index is 1100. The summed E-state index contributed by atoms with van der Waals surface area (Å²) in [5, 5.41) is 19.4. The molecule has 4 rings (SSSR count). The minimum Gasteiger partial charge on any atom is -0.478 e. The van der Waals surface area contributed by atoms with Crippen LogP contribution in [0.1, 0.15) is 12.5 Å². The number of aromatic nitrogens is 2. The quantitative estimate of drug-likeness (QED) is 0.384. The molecule has 25 heavy (non-hydrogen) atoms. The lowest BCUT2D eigenvalue weighted by molar-refractivity contribution is 0.325. The van der Waals surface area contributed by atoms with Gasteiger partial charge in [-0.1, -0.05) is 29.8 Å². The van der Waals surface area contributed by atoms with Gasteiger partial charge in [-0.2, -0.15) is 5.10 Å². The van der Waals surface area contributed by atoms with Gasteiger partial charge in [-0.25, -0.2) is 0 Å². The molecule has 2 N–H and O–H groups in total. The predicted molar refractivity (Wildman–Crippen MR) is 103 cm³/mol. The van der Waals surface area contributed by atoms with Crippen molar-refractivity contribution < 1.29 is 4.74 Å². The van der Waals surface area contributed by atoms with Crippen LogP contribution in [0.3, 0.4) is 0 Å². The molecule has 3 aromatic carbocycles. The fourth-order valence-electron chi connectivity index (χ4n) is 2.97. The van der Waals surface area contributed by atoms with E-state index in [-0.39, 0.29) is 5.90 Å². The molecule has 0 bridgehead atoms. The van der Waals surface area contributed by atoms with Crippen LogP contribution in [-0.4, -0.2) is 22.7 Å². The third-order valence-corrected chi connectivity index (χ3v) is 4.42. The van der Waals surface area contributed by atoms with Crippen LogP contribution in [0.15, 0.2) is 54.6 Å². The van der Waals surface area contributed by atoms with Crippen molar-refractivity contribution in [2.75, 3.05) is 6.61 Å². The largest absolute Gasteiger partial charge is 0.478 e. The number of hydrogen-bond donors (Lipinski definition) is 2. The normalized spacial score (nSPS) is 11.1. The van der Waals surface area contributed by atoms with Gasteiger partial charge in [0, 0.05) is 21.5 Å². The van der Waals surface area contributed by atoms with Crippen molar-refractivity contribution in [2.45, 2.75) is 6.92 Å². The highest BCUT2D eigenvalue weighted by Gasteiger charge is 2.11. The van der Waals surface area contributed by atoms with Gasteiger partial charge >= 0.3 is 0 Å². The average Bonchev–Trinajstić information content (AvgIpc) is 3.04. The van der Waals surface area contributed by atoms with Crippen molar-refractivity contribution in [3.8, 4) is 11.3 Å². The number of benzene rings is 3. The second-order valence-electron chi connectivity index (χ2n) is 5.80. The van der Waals surface area contributed by atoms with Gasteiger partial charge in [0.25, 0.3) is 0 Å². The van der Waals surface area contributed by atoms with E-state index in [0.29, 0.717) is 6.61 Å². The number of fused-ring (bicyclic) bond motifs is 2. The number of nitrogens with one attached hydrogen (secondary N) is 2. The van der Waals surface area contributed by atoms with Gasteiger partial charge in [0.2, 0.25) is 5.90 Å². The molecule has 0 atom stereocenters. The molecule has 0 aliphatic rings. The molecule has 124 valence electrons. The van der Waals surface area contributed by atoms with Crippen molar-refractivity contribution in [1.29, 1.82) is 5.41 Å². The number of halogens is 1. The Balaban J connectivity index is 1.84. The smallest absolute Gasteiger partial charge is 0.213 e. The van der Waals surface area contributed by atoms with E-state index in [0.717, 1.165) is 43.5 Å². The van der Waals surface area contributed by atoms with Gasteiger partial charge in [-0.3, -0.25) is 10.5 Å². The van der Waals surface area contributed by atoms with E-state index in [1.807, 2.05) is 55.5 Å². The van der Waals surface area contributed by atoms with Crippen LogP contribution in [0.4, 0.5) is 0 Å². The molecule has 0 saturated heterocycles. The lowest BCUT2D eigenvalue weighted by Crippen LogP contribution is -2.04. The first kappa shape index (κ1) is 15.7. The molecule has 0 aliphatic heterocycles. The van der Waals surface area contributed by atoms with Crippen molar-refractivity contribution in [2.24, 2.45) is 0 Å². The standard InChI is InChI=1S/C20H16ClN3O/c1-2-25-20(22)15-6-8-18-17(11-15)19(24-23-18)14-4-3-13-10-16(21)7-5-12(13)9-14/h3-11,22H,2H2,1H3,(H,23,24). The second-order valence-corrected chi connectivity index (χ2v) is 6.24. The van der Waals surface area contributed by atoms with Crippen LogP contribution in [0.5, 0.6) is 0 Å². The predicted octanol–water partition coefficient (Wildman–Crippen LogP) is 5.40. The van der Waals surface area contributed by atoms with Crippen molar-refractivity contribution in [1.82, 2.24) is 10.2 Å². The molecule has 4 nitrogen and oxygen atoms in total. The van der Waals surface area contributed by atoms with Gasteiger partial charge in [-0.15, -0.1) is 0 Å².